The fourth-order valence-corrected chi connectivity index (χ4v) is 3.22. The van der Waals surface area contributed by atoms with Crippen LogP contribution in [0, 0.1) is 0 Å². The van der Waals surface area contributed by atoms with Gasteiger partial charge in [-0.3, -0.25) is 9.88 Å². The first-order valence-electron chi connectivity index (χ1n) is 8.82. The van der Waals surface area contributed by atoms with E-state index in [9.17, 15) is 5.11 Å². The number of benzene rings is 1. The van der Waals surface area contributed by atoms with Crippen molar-refractivity contribution in [3.63, 3.8) is 0 Å². The first-order valence-corrected chi connectivity index (χ1v) is 8.82. The average molecular weight is 341 g/mol. The maximum absolute atomic E-state index is 10.4. The number of aliphatic hydroxyl groups is 1. The highest BCUT2D eigenvalue weighted by Gasteiger charge is 2.26. The lowest BCUT2D eigenvalue weighted by molar-refractivity contribution is 0.117. The standard InChI is InChI=1S/C20H27N3O2/c1-22(2)13-17-12-18(8-10-21-17)25-19-9-11-23(14-19)15-20(24)16-6-4-3-5-7-16/h3-8,10,12,19-20,24H,9,11,13-15H2,1-2H3. The number of pyridine rings is 1. The lowest BCUT2D eigenvalue weighted by Gasteiger charge is -2.20. The normalized spacial score (nSPS) is 19.3. The zero-order chi connectivity index (χ0) is 17.6. The van der Waals surface area contributed by atoms with Crippen molar-refractivity contribution < 1.29 is 9.84 Å². The first-order chi connectivity index (χ1) is 12.1. The van der Waals surface area contributed by atoms with Gasteiger partial charge in [-0.1, -0.05) is 30.3 Å². The second-order valence-corrected chi connectivity index (χ2v) is 6.94. The molecule has 1 aromatic carbocycles. The smallest absolute Gasteiger partial charge is 0.123 e. The SMILES string of the molecule is CN(C)Cc1cc(OC2CCN(CC(O)c3ccccc3)C2)ccn1. The molecule has 3 rings (SSSR count). The molecule has 25 heavy (non-hydrogen) atoms. The molecule has 2 aromatic rings. The van der Waals surface area contributed by atoms with Crippen molar-refractivity contribution in [1.29, 1.82) is 0 Å². The van der Waals surface area contributed by atoms with Crippen molar-refractivity contribution in [2.24, 2.45) is 0 Å². The van der Waals surface area contributed by atoms with E-state index >= 15 is 0 Å². The molecule has 0 spiro atoms. The van der Waals surface area contributed by atoms with Gasteiger partial charge in [0, 0.05) is 38.4 Å². The van der Waals surface area contributed by atoms with E-state index in [2.05, 4.69) is 14.8 Å². The summed E-state index contributed by atoms with van der Waals surface area (Å²) in [6, 6.07) is 13.8. The third-order valence-corrected chi connectivity index (χ3v) is 4.41. The lowest BCUT2D eigenvalue weighted by atomic mass is 10.1. The van der Waals surface area contributed by atoms with Gasteiger partial charge in [-0.05, 0) is 32.1 Å². The van der Waals surface area contributed by atoms with Crippen molar-refractivity contribution in [2.75, 3.05) is 33.7 Å². The average Bonchev–Trinajstić information content (AvgIpc) is 3.02. The molecule has 1 fully saturated rings. The third-order valence-electron chi connectivity index (χ3n) is 4.41. The number of aromatic nitrogens is 1. The summed E-state index contributed by atoms with van der Waals surface area (Å²) >= 11 is 0. The van der Waals surface area contributed by atoms with Crippen LogP contribution >= 0.6 is 0 Å². The molecule has 5 nitrogen and oxygen atoms in total. The van der Waals surface area contributed by atoms with Crippen molar-refractivity contribution in [3.05, 3.63) is 59.9 Å². The molecule has 0 radical (unpaired) electrons. The Labute approximate surface area is 149 Å². The van der Waals surface area contributed by atoms with Gasteiger partial charge in [0.15, 0.2) is 0 Å². The van der Waals surface area contributed by atoms with Crippen LogP contribution in [-0.4, -0.2) is 59.7 Å². The second-order valence-electron chi connectivity index (χ2n) is 6.94. The fraction of sp³-hybridized carbons (Fsp3) is 0.450. The molecular weight excluding hydrogens is 314 g/mol. The summed E-state index contributed by atoms with van der Waals surface area (Å²) in [6.07, 6.45) is 2.50. The molecule has 2 atom stereocenters. The van der Waals surface area contributed by atoms with Gasteiger partial charge in [-0.15, -0.1) is 0 Å². The van der Waals surface area contributed by atoms with Gasteiger partial charge in [0.25, 0.3) is 0 Å². The Morgan fingerprint density at radius 3 is 2.84 bits per heavy atom. The van der Waals surface area contributed by atoms with Crippen LogP contribution in [0.1, 0.15) is 23.8 Å². The molecular formula is C20H27N3O2. The third kappa shape index (κ3) is 5.26. The minimum Gasteiger partial charge on any atom is -0.489 e. The van der Waals surface area contributed by atoms with Crippen molar-refractivity contribution in [3.8, 4) is 5.75 Å². The lowest BCUT2D eigenvalue weighted by Crippen LogP contribution is -2.29. The summed E-state index contributed by atoms with van der Waals surface area (Å²) in [7, 11) is 4.06. The van der Waals surface area contributed by atoms with Gasteiger partial charge in [-0.25, -0.2) is 0 Å². The van der Waals surface area contributed by atoms with Crippen LogP contribution in [0.4, 0.5) is 0 Å². The van der Waals surface area contributed by atoms with E-state index < -0.39 is 6.10 Å². The Morgan fingerprint density at radius 2 is 2.08 bits per heavy atom. The molecule has 0 saturated carbocycles. The minimum absolute atomic E-state index is 0.164. The molecule has 2 unspecified atom stereocenters. The first kappa shape index (κ1) is 17.9. The molecule has 1 aliphatic rings. The maximum Gasteiger partial charge on any atom is 0.123 e. The summed E-state index contributed by atoms with van der Waals surface area (Å²) in [4.78, 5) is 8.74. The molecule has 1 saturated heterocycles. The zero-order valence-electron chi connectivity index (χ0n) is 15.0. The monoisotopic (exact) mass is 341 g/mol. The highest BCUT2D eigenvalue weighted by Crippen LogP contribution is 2.21. The number of rotatable bonds is 7. The van der Waals surface area contributed by atoms with Crippen molar-refractivity contribution in [2.45, 2.75) is 25.2 Å². The van der Waals surface area contributed by atoms with Gasteiger partial charge in [0.2, 0.25) is 0 Å². The van der Waals surface area contributed by atoms with Gasteiger partial charge >= 0.3 is 0 Å². The van der Waals surface area contributed by atoms with Crippen LogP contribution < -0.4 is 4.74 Å². The number of nitrogens with zero attached hydrogens (tertiary/aromatic N) is 3. The van der Waals surface area contributed by atoms with Gasteiger partial charge in [-0.2, -0.15) is 0 Å². The molecule has 134 valence electrons. The molecule has 0 amide bonds. The van der Waals surface area contributed by atoms with Crippen LogP contribution in [-0.2, 0) is 6.54 Å². The van der Waals surface area contributed by atoms with Crippen LogP contribution in [0.15, 0.2) is 48.7 Å². The summed E-state index contributed by atoms with van der Waals surface area (Å²) in [5.74, 6) is 0.877. The van der Waals surface area contributed by atoms with Crippen molar-refractivity contribution >= 4 is 0 Å². The number of hydrogen-bond donors (Lipinski definition) is 1. The zero-order valence-corrected chi connectivity index (χ0v) is 15.0. The van der Waals surface area contributed by atoms with Gasteiger partial charge < -0.3 is 14.7 Å². The van der Waals surface area contributed by atoms with Crippen LogP contribution in [0.3, 0.4) is 0 Å². The van der Waals surface area contributed by atoms with Gasteiger partial charge in [0.05, 0.1) is 11.8 Å². The highest BCUT2D eigenvalue weighted by atomic mass is 16.5. The number of ether oxygens (including phenoxy) is 1. The van der Waals surface area contributed by atoms with Crippen LogP contribution in [0.25, 0.3) is 0 Å². The van der Waals surface area contributed by atoms with E-state index in [1.807, 2.05) is 56.6 Å². The summed E-state index contributed by atoms with van der Waals surface area (Å²) in [5.41, 5.74) is 1.98. The predicted octanol–water partition coefficient (Wildman–Crippen LogP) is 2.33. The minimum atomic E-state index is -0.451. The molecule has 1 aliphatic heterocycles. The Morgan fingerprint density at radius 1 is 1.28 bits per heavy atom. The van der Waals surface area contributed by atoms with E-state index in [-0.39, 0.29) is 6.10 Å². The van der Waals surface area contributed by atoms with E-state index in [0.717, 1.165) is 43.1 Å². The molecule has 5 heteroatoms. The number of aliphatic hydroxyl groups excluding tert-OH is 1. The summed E-state index contributed by atoms with van der Waals surface area (Å²) < 4.78 is 6.13. The van der Waals surface area contributed by atoms with Crippen LogP contribution in [0.5, 0.6) is 5.75 Å². The topological polar surface area (TPSA) is 48.8 Å². The molecule has 1 N–H and O–H groups in total. The second kappa shape index (κ2) is 8.43. The fourth-order valence-electron chi connectivity index (χ4n) is 3.22. The molecule has 0 bridgehead atoms. The van der Waals surface area contributed by atoms with Crippen LogP contribution in [0.2, 0.25) is 0 Å². The molecule has 0 aliphatic carbocycles. The number of β-amino-alcohol motifs (C(OH)–C–C–N with tert-alkyl or cyclic N) is 1. The van der Waals surface area contributed by atoms with E-state index in [4.69, 9.17) is 4.74 Å². The van der Waals surface area contributed by atoms with E-state index in [1.54, 1.807) is 6.20 Å². The van der Waals surface area contributed by atoms with Crippen molar-refractivity contribution in [1.82, 2.24) is 14.8 Å². The summed E-state index contributed by atoms with van der Waals surface area (Å²) in [6.45, 7) is 3.24. The summed E-state index contributed by atoms with van der Waals surface area (Å²) in [5, 5.41) is 10.4. The van der Waals surface area contributed by atoms with E-state index in [0.29, 0.717) is 6.54 Å². The Hall–Kier alpha value is -1.95. The predicted molar refractivity (Wildman–Crippen MR) is 98.5 cm³/mol. The Balaban J connectivity index is 1.51. The Kier molecular flexibility index (Phi) is 6.02. The van der Waals surface area contributed by atoms with E-state index in [1.165, 1.54) is 0 Å². The quantitative estimate of drug-likeness (QED) is 0.838. The number of likely N-dealkylation sites (tertiary alicyclic amines) is 1. The molecule has 2 heterocycles. The largest absolute Gasteiger partial charge is 0.489 e. The van der Waals surface area contributed by atoms with Gasteiger partial charge in [0.1, 0.15) is 11.9 Å². The maximum atomic E-state index is 10.4. The Bertz CT molecular complexity index is 663. The number of hydrogen-bond acceptors (Lipinski definition) is 5. The highest BCUT2D eigenvalue weighted by molar-refractivity contribution is 5.23. The molecule has 1 aromatic heterocycles.